The molecule has 0 spiro atoms. The summed E-state index contributed by atoms with van der Waals surface area (Å²) in [7, 11) is -2.45. The summed E-state index contributed by atoms with van der Waals surface area (Å²) in [6.07, 6.45) is -3.95. The first-order valence-corrected chi connectivity index (χ1v) is 40.9. The number of carbonyl (C=O) groups excluding carboxylic acids is 2. The van der Waals surface area contributed by atoms with E-state index in [4.69, 9.17) is 142 Å². The van der Waals surface area contributed by atoms with Crippen LogP contribution < -0.4 is 16.0 Å². The minimum absolute atomic E-state index is 0.00179. The van der Waals surface area contributed by atoms with E-state index in [0.717, 1.165) is 48.5 Å². The molecule has 2 aliphatic heterocycles. The van der Waals surface area contributed by atoms with Crippen LogP contribution >= 0.6 is 125 Å². The molecule has 8 N–H and O–H groups in total. The molecule has 34 nitrogen and oxygen atoms in total. The largest absolute Gasteiger partial charge is 0.749 e. The molecule has 2 amide bonds. The molecule has 3 unspecified atom stereocenters. The summed E-state index contributed by atoms with van der Waals surface area (Å²) in [6, 6.07) is 20.0. The molecule has 2 saturated heterocycles. The van der Waals surface area contributed by atoms with E-state index in [-0.39, 0.29) is 44.0 Å². The lowest BCUT2D eigenvalue weighted by atomic mass is 10.1. The van der Waals surface area contributed by atoms with Gasteiger partial charge in [0.1, 0.15) is 69.9 Å². The Hall–Kier alpha value is -7.43. The average molecular weight is 1920 g/mol. The van der Waals surface area contributed by atoms with Crippen molar-refractivity contribution >= 4 is 232 Å². The maximum atomic E-state index is 13.9. The van der Waals surface area contributed by atoms with Gasteiger partial charge in [-0.1, -0.05) is 81.2 Å². The van der Waals surface area contributed by atoms with Crippen LogP contribution in [0.3, 0.4) is 0 Å². The number of piperidine rings is 2. The number of hydrogen-bond donors (Lipinski definition) is 8. The Bertz CT molecular complexity index is 5340. The van der Waals surface area contributed by atoms with Crippen molar-refractivity contribution in [3.8, 4) is 0 Å². The number of rotatable bonds is 16. The third-order valence-electron chi connectivity index (χ3n) is 13.5. The fourth-order valence-electron chi connectivity index (χ4n) is 8.11. The Morgan fingerprint density at radius 1 is 0.513 bits per heavy atom. The first kappa shape index (κ1) is 99.8. The van der Waals surface area contributed by atoms with Crippen molar-refractivity contribution in [2.24, 2.45) is 0 Å². The lowest BCUT2D eigenvalue weighted by Crippen LogP contribution is -2.53. The number of aliphatic hydroxyl groups is 2. The molecule has 0 radical (unpaired) electrons. The molecule has 0 bridgehead atoms. The smallest absolute Gasteiger partial charge is 0.335 e. The molecule has 7 aromatic carbocycles. The van der Waals surface area contributed by atoms with Crippen molar-refractivity contribution in [1.29, 1.82) is 0 Å². The number of nitro benzene ring substituents is 3. The normalized spacial score (nSPS) is 15.2. The Morgan fingerprint density at radius 2 is 0.867 bits per heavy atom. The maximum absolute atomic E-state index is 13.9. The van der Waals surface area contributed by atoms with Gasteiger partial charge in [-0.25, -0.2) is 78.6 Å². The van der Waals surface area contributed by atoms with E-state index < -0.39 is 223 Å². The topological polar surface area (TPSA) is 541 Å². The monoisotopic (exact) mass is 1910 g/mol. The number of nitrogens with one attached hydrogen (secondary N) is 3. The summed E-state index contributed by atoms with van der Waals surface area (Å²) in [5, 5.41) is 81.3. The van der Waals surface area contributed by atoms with Gasteiger partial charge < -0.3 is 46.0 Å². The number of halogens is 17. The van der Waals surface area contributed by atoms with E-state index in [1.54, 1.807) is 12.1 Å². The van der Waals surface area contributed by atoms with E-state index in [0.29, 0.717) is 40.1 Å². The SMILES string of the molecule is O=C(Nc1ccc(F)c(Cl)c1)c1cc([N+](=O)[O-])c(Cl)c(S(=O)(=O)Cl)c1.O=C(Nc1ccc(F)c(Cl)c1)c1cc([N+](=O)[O-])c(Cl)c(S(=O)(=O)N2CCC(O)C(F)(F)C2)c1.O=C(O)c1cc([N+](=O)[O-])c(Cl)c(S(=O)(=O)Cl)c1.O=C(O)c1ccc(Cl)c(S(=O)(=O)Cl)c1.O=C(O)c1ccc(Cl)cc1.O=S([O-])OCl.OC1CCNCC1(F)F. The standard InChI is InChI=1S/C18H14Cl2F3N3O6S.C13H6Cl3FN2O5S.C7H3Cl2NO6S.C7H4Cl2O4S.C7H5ClO2.C5H9F2NO.ClHO3S/c19-11-7-10(1-2-12(11)21)24-17(28)9-5-13(26(29)30)16(20)14(6-9)33(31,32)25-4-3-15(27)18(22,23)8-25;14-8-5-7(1-2-9(8)17)18-13(20)6-3-10(19(21)22)12(15)11(4-6)25(16,23)24;8-6-4(10(13)14)1-3(7(11)12)2-5(6)17(9,15)16;8-5-2-1-4(7(10)11)3-6(5)14(9,12)13;8-6-3-1-5(2-4-6)7(9)10;6-5(7)3-8-2-1-4(5)9;1-4-5(2)3/h1-2,5-7,15,27H,3-4,8H2,(H,24,28);1-5H,(H,18,20);1-2H,(H,11,12);1-3H,(H,10,11);1-4H,(H,9,10);4,8-9H,1-3H2;(H,2,3)/p-1. The van der Waals surface area contributed by atoms with Gasteiger partial charge in [0.15, 0.2) is 0 Å². The molecule has 2 heterocycles. The van der Waals surface area contributed by atoms with Crippen LogP contribution in [0.5, 0.6) is 0 Å². The molecule has 7 aromatic rings. The number of benzene rings is 7. The molecule has 56 heteroatoms. The third-order valence-corrected chi connectivity index (χ3v) is 22.6. The van der Waals surface area contributed by atoms with E-state index >= 15 is 0 Å². The second-order valence-corrected chi connectivity index (χ2v) is 34.4. The van der Waals surface area contributed by atoms with Gasteiger partial charge in [0, 0.05) is 84.3 Å². The number of amides is 2. The van der Waals surface area contributed by atoms with Crippen LogP contribution in [0, 0.1) is 42.0 Å². The first-order chi connectivity index (χ1) is 51.8. The van der Waals surface area contributed by atoms with E-state index in [1.807, 2.05) is 0 Å². The van der Waals surface area contributed by atoms with Crippen molar-refractivity contribution in [3.63, 3.8) is 0 Å². The number of anilines is 2. The summed E-state index contributed by atoms with van der Waals surface area (Å²) in [4.78, 5) is 83.3. The number of sulfonamides is 1. The quantitative estimate of drug-likeness (QED) is 0.0146. The van der Waals surface area contributed by atoms with Gasteiger partial charge in [-0.3, -0.25) is 39.9 Å². The number of aromatic carboxylic acids is 3. The van der Waals surface area contributed by atoms with E-state index in [9.17, 15) is 119 Å². The molecule has 113 heavy (non-hydrogen) atoms. The van der Waals surface area contributed by atoms with Gasteiger partial charge in [0.25, 0.3) is 67.9 Å². The number of nitro groups is 3. The van der Waals surface area contributed by atoms with Crippen molar-refractivity contribution in [1.82, 2.24) is 9.62 Å². The first-order valence-electron chi connectivity index (χ1n) is 28.6. The zero-order chi connectivity index (χ0) is 86.7. The van der Waals surface area contributed by atoms with Gasteiger partial charge in [-0.05, 0) is 116 Å². The highest BCUT2D eigenvalue weighted by Crippen LogP contribution is 2.40. The fraction of sp³-hybridized carbons (Fsp3) is 0.175. The zero-order valence-electron chi connectivity index (χ0n) is 54.3. The van der Waals surface area contributed by atoms with Gasteiger partial charge in [-0.2, -0.15) is 8.04 Å². The summed E-state index contributed by atoms with van der Waals surface area (Å²) >= 11 is 41.0. The minimum atomic E-state index is -4.83. The molecule has 0 aliphatic carbocycles. The third kappa shape index (κ3) is 30.0. The van der Waals surface area contributed by atoms with Gasteiger partial charge >= 0.3 is 17.9 Å². The molecule has 9 rings (SSSR count). The van der Waals surface area contributed by atoms with Crippen LogP contribution in [0.15, 0.2) is 135 Å². The second kappa shape index (κ2) is 42.4. The Balaban J connectivity index is 0.000000366. The Morgan fingerprint density at radius 3 is 1.20 bits per heavy atom. The summed E-state index contributed by atoms with van der Waals surface area (Å²) in [5.41, 5.74) is -3.98. The van der Waals surface area contributed by atoms with Crippen molar-refractivity contribution < 1.29 is 137 Å². The van der Waals surface area contributed by atoms with E-state index in [2.05, 4.69) is 31.6 Å². The molecule has 616 valence electrons. The maximum Gasteiger partial charge on any atom is 0.335 e. The fourth-order valence-corrected chi connectivity index (χ4v) is 15.2. The highest BCUT2D eigenvalue weighted by Gasteiger charge is 2.48. The number of nitrogens with zero attached hydrogens (tertiary/aromatic N) is 4. The van der Waals surface area contributed by atoms with Crippen LogP contribution in [-0.2, 0) is 52.3 Å². The molecular weight excluding hydrogens is 1880 g/mol. The van der Waals surface area contributed by atoms with Crippen LogP contribution in [0.2, 0.25) is 35.2 Å². The van der Waals surface area contributed by atoms with Crippen LogP contribution in [0.1, 0.15) is 64.6 Å². The lowest BCUT2D eigenvalue weighted by molar-refractivity contribution is -0.385. The van der Waals surface area contributed by atoms with Crippen molar-refractivity contribution in [2.75, 3.05) is 36.8 Å². The number of carboxylic acid groups (broad SMARTS) is 3. The molecule has 2 aliphatic rings. The highest BCUT2D eigenvalue weighted by atomic mass is 35.7. The Kier molecular flexibility index (Phi) is 37.5. The highest BCUT2D eigenvalue weighted by molar-refractivity contribution is 8.14. The predicted octanol–water partition coefficient (Wildman–Crippen LogP) is 13.7. The minimum Gasteiger partial charge on any atom is -0.749 e. The van der Waals surface area contributed by atoms with Gasteiger partial charge in [0.2, 0.25) is 10.0 Å². The Labute approximate surface area is 686 Å². The van der Waals surface area contributed by atoms with Gasteiger partial charge in [0.05, 0.1) is 71.5 Å². The van der Waals surface area contributed by atoms with Crippen LogP contribution in [-0.4, -0.2) is 167 Å². The summed E-state index contributed by atoms with van der Waals surface area (Å²) in [6.45, 7) is -1.80. The van der Waals surface area contributed by atoms with Crippen molar-refractivity contribution in [2.45, 2.75) is 56.5 Å². The zero-order valence-corrected chi connectivity index (χ0v) is 66.7. The number of alkyl halides is 4. The number of carbonyl (C=O) groups is 5. The molecular formula is C57H41Cl11F6N7O27S5-. The number of carboxylic acids is 3. The molecule has 2 fully saturated rings. The van der Waals surface area contributed by atoms with Crippen LogP contribution in [0.25, 0.3) is 0 Å². The summed E-state index contributed by atoms with van der Waals surface area (Å²) < 4.78 is 193. The number of aliphatic hydroxyl groups excluding tert-OH is 2. The van der Waals surface area contributed by atoms with E-state index in [1.165, 1.54) is 30.3 Å². The molecule has 0 saturated carbocycles. The lowest BCUT2D eigenvalue weighted by Gasteiger charge is -2.35. The molecule has 0 aromatic heterocycles. The predicted molar refractivity (Wildman–Crippen MR) is 395 cm³/mol. The average Bonchev–Trinajstić information content (AvgIpc) is 0.759. The van der Waals surface area contributed by atoms with Gasteiger partial charge in [-0.15, -0.1) is 0 Å². The summed E-state index contributed by atoms with van der Waals surface area (Å²) in [5.74, 6) is -13.8. The number of hydrogen-bond acceptors (Lipinski definition) is 25. The van der Waals surface area contributed by atoms with Crippen molar-refractivity contribution in [3.05, 3.63) is 220 Å². The molecule has 3 atom stereocenters. The second-order valence-electron chi connectivity index (χ2n) is 21.2. The van der Waals surface area contributed by atoms with Crippen LogP contribution in [0.4, 0.5) is 54.8 Å².